The van der Waals surface area contributed by atoms with Gasteiger partial charge in [0.1, 0.15) is 0 Å². The predicted octanol–water partition coefficient (Wildman–Crippen LogP) is 7.57. The first kappa shape index (κ1) is 27.1. The van der Waals surface area contributed by atoms with E-state index in [-0.39, 0.29) is 5.04 Å². The monoisotopic (exact) mass is 556 g/mol. The molecule has 0 N–H and O–H groups in total. The van der Waals surface area contributed by atoms with Crippen molar-refractivity contribution in [2.75, 3.05) is 6.61 Å². The first-order chi connectivity index (χ1) is 14.9. The van der Waals surface area contributed by atoms with Crippen molar-refractivity contribution in [1.82, 2.24) is 0 Å². The fourth-order valence-corrected chi connectivity index (χ4v) is 16.6. The quantitative estimate of drug-likeness (QED) is 0.217. The summed E-state index contributed by atoms with van der Waals surface area (Å²) >= 11 is -2.00. The zero-order chi connectivity index (χ0) is 24.0. The van der Waals surface area contributed by atoms with Gasteiger partial charge in [0.2, 0.25) is 0 Å². The summed E-state index contributed by atoms with van der Waals surface area (Å²) in [6, 6.07) is 21.8. The molecule has 0 aliphatic heterocycles. The van der Waals surface area contributed by atoms with Crippen molar-refractivity contribution >= 4 is 37.1 Å². The van der Waals surface area contributed by atoms with Crippen LogP contribution in [-0.4, -0.2) is 33.3 Å². The summed E-state index contributed by atoms with van der Waals surface area (Å²) in [7, 11) is -2.46. The molecule has 0 heterocycles. The van der Waals surface area contributed by atoms with Crippen molar-refractivity contribution in [2.45, 2.75) is 71.3 Å². The van der Waals surface area contributed by atoms with E-state index in [0.717, 1.165) is 10.4 Å². The normalized spacial score (nSPS) is 14.3. The molecular weight excluding hydrogens is 511 g/mol. The van der Waals surface area contributed by atoms with Gasteiger partial charge in [0.15, 0.2) is 0 Å². The summed E-state index contributed by atoms with van der Waals surface area (Å²) in [6.07, 6.45) is 4.69. The fraction of sp³-hybridized carbons (Fsp3) is 0.448. The Kier molecular flexibility index (Phi) is 9.63. The van der Waals surface area contributed by atoms with Gasteiger partial charge < -0.3 is 0 Å². The van der Waals surface area contributed by atoms with Crippen LogP contribution in [0.3, 0.4) is 0 Å². The second kappa shape index (κ2) is 11.4. The van der Waals surface area contributed by atoms with Gasteiger partial charge in [-0.3, -0.25) is 0 Å². The molecule has 32 heavy (non-hydrogen) atoms. The Morgan fingerprint density at radius 1 is 0.938 bits per heavy atom. The van der Waals surface area contributed by atoms with Crippen LogP contribution in [0.2, 0.25) is 23.8 Å². The Hall–Kier alpha value is -1.10. The van der Waals surface area contributed by atoms with E-state index in [1.165, 1.54) is 27.9 Å². The Balaban J connectivity index is 2.29. The van der Waals surface area contributed by atoms with E-state index in [0.29, 0.717) is 6.61 Å². The van der Waals surface area contributed by atoms with Crippen molar-refractivity contribution in [1.29, 1.82) is 0 Å². The van der Waals surface area contributed by atoms with Gasteiger partial charge in [-0.2, -0.15) is 0 Å². The summed E-state index contributed by atoms with van der Waals surface area (Å²) in [5.41, 5.74) is 2.81. The molecule has 2 rings (SSSR count). The maximum absolute atomic E-state index is 7.02. The first-order valence-electron chi connectivity index (χ1n) is 12.0. The zero-order valence-electron chi connectivity index (χ0n) is 21.7. The molecule has 1 unspecified atom stereocenters. The average Bonchev–Trinajstić information content (AvgIpc) is 2.70. The van der Waals surface area contributed by atoms with E-state index >= 15 is 0 Å². The third-order valence-electron chi connectivity index (χ3n) is 6.62. The van der Waals surface area contributed by atoms with Crippen LogP contribution < -0.4 is 10.4 Å². The third kappa shape index (κ3) is 6.71. The van der Waals surface area contributed by atoms with Gasteiger partial charge in [0, 0.05) is 0 Å². The van der Waals surface area contributed by atoms with Crippen LogP contribution in [0.25, 0.3) is 0 Å². The van der Waals surface area contributed by atoms with E-state index < -0.39 is 26.7 Å². The van der Waals surface area contributed by atoms with Crippen molar-refractivity contribution in [3.8, 4) is 0 Å². The van der Waals surface area contributed by atoms with Crippen LogP contribution in [0.15, 0.2) is 84.5 Å². The maximum atomic E-state index is 7.02. The molecule has 0 radical (unpaired) electrons. The van der Waals surface area contributed by atoms with Crippen molar-refractivity contribution < 1.29 is 4.43 Å². The molecular formula is C29H44OSiSn. The number of benzene rings is 2. The number of allylic oxidation sites excluding steroid dienone is 2. The molecule has 0 bridgehead atoms. The summed E-state index contributed by atoms with van der Waals surface area (Å²) in [5, 5.41) is 2.70. The van der Waals surface area contributed by atoms with Crippen molar-refractivity contribution in [3.63, 3.8) is 0 Å². The third-order valence-corrected chi connectivity index (χ3v) is 19.8. The van der Waals surface area contributed by atoms with Gasteiger partial charge >= 0.3 is 204 Å². The standard InChI is InChI=1S/C26H35OSi.3CH3.Sn/c1-22(2)14-13-15-23(3)20-21-27-28(26(4,5)6,24-16-9-7-10-17-24)25-18-11-8-12-19-25;;;;/h7-12,14,16-20H,1,13,15,21H2,2-6H3;3*1H3;/b23-20+;;;;. The topological polar surface area (TPSA) is 9.23 Å². The molecule has 2 aromatic carbocycles. The van der Waals surface area contributed by atoms with Gasteiger partial charge in [0.05, 0.1) is 0 Å². The summed E-state index contributed by atoms with van der Waals surface area (Å²) < 4.78 is 7.76. The SMILES string of the molecule is C=C(C)[CH](CC/C(C)=C/CO[Si](c1ccccc1)(c1ccccc1)C(C)(C)C)[Sn]([CH3])([CH3])[CH3]. The number of hydrogen-bond donors (Lipinski definition) is 0. The van der Waals surface area contributed by atoms with E-state index in [4.69, 9.17) is 4.43 Å². The van der Waals surface area contributed by atoms with E-state index in [1.54, 1.807) is 0 Å². The number of hydrogen-bond acceptors (Lipinski definition) is 1. The van der Waals surface area contributed by atoms with Gasteiger partial charge in [0.25, 0.3) is 0 Å². The molecule has 0 amide bonds. The van der Waals surface area contributed by atoms with Crippen molar-refractivity contribution in [2.24, 2.45) is 0 Å². The summed E-state index contributed by atoms with van der Waals surface area (Å²) in [6.45, 7) is 16.5. The number of rotatable bonds is 10. The van der Waals surface area contributed by atoms with Crippen LogP contribution in [0, 0.1) is 0 Å². The van der Waals surface area contributed by atoms with Crippen LogP contribution in [0.4, 0.5) is 0 Å². The average molecular weight is 555 g/mol. The summed E-state index contributed by atoms with van der Waals surface area (Å²) in [4.78, 5) is 7.58. The second-order valence-corrected chi connectivity index (χ2v) is 31.1. The molecule has 0 aliphatic carbocycles. The zero-order valence-corrected chi connectivity index (χ0v) is 25.5. The predicted molar refractivity (Wildman–Crippen MR) is 148 cm³/mol. The summed E-state index contributed by atoms with van der Waals surface area (Å²) in [5.74, 6) is 0. The van der Waals surface area contributed by atoms with Crippen molar-refractivity contribution in [3.05, 3.63) is 84.5 Å². The van der Waals surface area contributed by atoms with Crippen LogP contribution in [0.1, 0.15) is 47.5 Å². The minimum absolute atomic E-state index is 0.0171. The molecule has 0 saturated heterocycles. The molecule has 1 nitrogen and oxygen atoms in total. The van der Waals surface area contributed by atoms with Gasteiger partial charge in [-0.05, 0) is 0 Å². The van der Waals surface area contributed by atoms with Crippen LogP contribution in [0.5, 0.6) is 0 Å². The van der Waals surface area contributed by atoms with Crippen LogP contribution >= 0.6 is 0 Å². The minimum atomic E-state index is -2.46. The Labute approximate surface area is 203 Å². The van der Waals surface area contributed by atoms with Crippen LogP contribution in [-0.2, 0) is 4.43 Å². The second-order valence-electron chi connectivity index (χ2n) is 11.3. The Bertz CT molecular complexity index is 849. The molecule has 0 fully saturated rings. The van der Waals surface area contributed by atoms with Gasteiger partial charge in [-0.25, -0.2) is 0 Å². The van der Waals surface area contributed by atoms with E-state index in [1.807, 2.05) is 0 Å². The van der Waals surface area contributed by atoms with E-state index in [9.17, 15) is 0 Å². The molecule has 3 heteroatoms. The van der Waals surface area contributed by atoms with Gasteiger partial charge in [-0.15, -0.1) is 0 Å². The van der Waals surface area contributed by atoms with Gasteiger partial charge in [-0.1, -0.05) is 0 Å². The Morgan fingerprint density at radius 2 is 1.41 bits per heavy atom. The Morgan fingerprint density at radius 3 is 1.78 bits per heavy atom. The first-order valence-corrected chi connectivity index (χ1v) is 24.1. The molecule has 1 atom stereocenters. The van der Waals surface area contributed by atoms with E-state index in [2.05, 4.69) is 123 Å². The molecule has 174 valence electrons. The molecule has 0 spiro atoms. The fourth-order valence-electron chi connectivity index (χ4n) is 4.96. The molecule has 2 aromatic rings. The molecule has 0 saturated carbocycles. The molecule has 0 aliphatic rings. The molecule has 0 aromatic heterocycles.